The number of pyridine rings is 6. The van der Waals surface area contributed by atoms with Crippen LogP contribution in [0.15, 0.2) is 231 Å². The summed E-state index contributed by atoms with van der Waals surface area (Å²) in [5.41, 5.74) is 21.7. The Balaban J connectivity index is 0.969. The Hall–Kier alpha value is -10.6. The van der Waals surface area contributed by atoms with Crippen LogP contribution in [0, 0.1) is 0 Å². The molecule has 0 fully saturated rings. The highest BCUT2D eigenvalue weighted by molar-refractivity contribution is 6.12. The van der Waals surface area contributed by atoms with Gasteiger partial charge in [-0.2, -0.15) is 0 Å². The number of H-pyrrole nitrogens is 2. The van der Waals surface area contributed by atoms with Gasteiger partial charge in [-0.1, -0.05) is 97.1 Å². The zero-order valence-electron chi connectivity index (χ0n) is 40.5. The van der Waals surface area contributed by atoms with E-state index in [0.29, 0.717) is 0 Å². The number of benzene rings is 4. The summed E-state index contributed by atoms with van der Waals surface area (Å²) in [4.78, 5) is 47.5. The van der Waals surface area contributed by atoms with E-state index in [4.69, 9.17) is 19.9 Å². The van der Waals surface area contributed by atoms with Crippen molar-refractivity contribution in [1.29, 1.82) is 0 Å². The summed E-state index contributed by atoms with van der Waals surface area (Å²) < 4.78 is 0. The molecule has 0 spiro atoms. The number of rotatable bonds is 6. The lowest BCUT2D eigenvalue weighted by atomic mass is 9.99. The molecule has 2 aliphatic rings. The van der Waals surface area contributed by atoms with Crippen molar-refractivity contribution in [2.45, 2.75) is 0 Å². The molecule has 2 aliphatic heterocycles. The third-order valence-electron chi connectivity index (χ3n) is 14.3. The van der Waals surface area contributed by atoms with Gasteiger partial charge in [0.1, 0.15) is 0 Å². The zero-order chi connectivity index (χ0) is 50.1. The van der Waals surface area contributed by atoms with Crippen LogP contribution in [0.25, 0.3) is 156 Å². The van der Waals surface area contributed by atoms with Gasteiger partial charge in [-0.05, 0) is 131 Å². The van der Waals surface area contributed by atoms with Crippen LogP contribution in [-0.4, -0.2) is 49.8 Å². The first kappa shape index (κ1) is 43.0. The second-order valence-corrected chi connectivity index (χ2v) is 19.0. The molecule has 354 valence electrons. The molecule has 13 aromatic rings. The molecule has 4 aromatic carbocycles. The largest absolute Gasteiger partial charge is 0.354 e. The lowest BCUT2D eigenvalue weighted by Gasteiger charge is -2.10. The van der Waals surface area contributed by atoms with Gasteiger partial charge >= 0.3 is 0 Å². The van der Waals surface area contributed by atoms with Crippen molar-refractivity contribution < 1.29 is 0 Å². The summed E-state index contributed by atoms with van der Waals surface area (Å²) in [6.07, 6.45) is 7.20. The van der Waals surface area contributed by atoms with Gasteiger partial charge in [-0.3, -0.25) is 19.9 Å². The molecule has 76 heavy (non-hydrogen) atoms. The maximum atomic E-state index is 5.44. The molecule has 0 amide bonds. The molecule has 10 nitrogen and oxygen atoms in total. The SMILES string of the molecule is c1ccc(-c2cc(-c3ccc4c5cc6nc(cc7[nH]c(cc8nc(cc([nH]5)c4c3)-c3ccccc3-8)c3ccc(-c4cc(-c5ccccn5)nc(-c5ccccn5)c4)cc73)-c3ccccc3-6)cc(-c3ccccn3)n2)nc1. The van der Waals surface area contributed by atoms with Crippen LogP contribution in [0.5, 0.6) is 0 Å². The Labute approximate surface area is 435 Å². The molecule has 0 atom stereocenters. The molecular weight excluding hydrogens is 933 g/mol. The standard InChI is InChI=1S/C66H40N10/c1-3-15-45-43(13-1)55-35-59-47-23-21-39(41-31-63(51-17-5-9-25-67-51)75-64(32-41)52-18-6-10-26-68-52)29-49(47)62(73-59)38-58-46-16-4-2-14-44(46)56(72-58)36-60-48-24-22-40(30-50(48)61(74-60)37-57(45)71-55)42-33-65(53-19-7-11-27-69-53)76-66(34-42)54-20-8-12-28-70-54/h1-38,73-74H. The van der Waals surface area contributed by atoms with E-state index in [1.54, 1.807) is 24.8 Å². The number of aromatic amines is 2. The first-order valence-corrected chi connectivity index (χ1v) is 25.1. The molecule has 11 heterocycles. The average Bonchev–Trinajstić information content (AvgIpc) is 4.27. The van der Waals surface area contributed by atoms with Crippen molar-refractivity contribution in [3.63, 3.8) is 0 Å². The van der Waals surface area contributed by atoms with Gasteiger partial charge in [0.2, 0.25) is 0 Å². The van der Waals surface area contributed by atoms with Crippen LogP contribution in [0.3, 0.4) is 0 Å². The van der Waals surface area contributed by atoms with Crippen molar-refractivity contribution in [3.05, 3.63) is 231 Å². The highest BCUT2D eigenvalue weighted by atomic mass is 14.8. The Morgan fingerprint density at radius 3 is 0.803 bits per heavy atom. The van der Waals surface area contributed by atoms with Gasteiger partial charge in [0.25, 0.3) is 0 Å². The Morgan fingerprint density at radius 1 is 0.211 bits per heavy atom. The van der Waals surface area contributed by atoms with E-state index in [1.165, 1.54) is 0 Å². The van der Waals surface area contributed by atoms with Crippen LogP contribution in [0.1, 0.15) is 0 Å². The number of hydrogen-bond donors (Lipinski definition) is 2. The van der Waals surface area contributed by atoms with E-state index in [-0.39, 0.29) is 0 Å². The fraction of sp³-hybridized carbons (Fsp3) is 0. The number of nitrogens with zero attached hydrogens (tertiary/aromatic N) is 8. The third kappa shape index (κ3) is 7.51. The van der Waals surface area contributed by atoms with Gasteiger partial charge in [0.05, 0.1) is 68.3 Å². The molecule has 2 N–H and O–H groups in total. The second-order valence-electron chi connectivity index (χ2n) is 19.0. The molecule has 8 bridgehead atoms. The molecule has 15 rings (SSSR count). The maximum absolute atomic E-state index is 5.44. The maximum Gasteiger partial charge on any atom is 0.0900 e. The summed E-state index contributed by atoms with van der Waals surface area (Å²) in [6, 6.07) is 71.1. The molecule has 0 radical (unpaired) electrons. The normalized spacial score (nSPS) is 11.7. The molecule has 0 aliphatic carbocycles. The quantitative estimate of drug-likeness (QED) is 0.168. The second kappa shape index (κ2) is 17.6. The molecular formula is C66H40N10. The van der Waals surface area contributed by atoms with E-state index >= 15 is 0 Å². The fourth-order valence-electron chi connectivity index (χ4n) is 10.7. The summed E-state index contributed by atoms with van der Waals surface area (Å²) >= 11 is 0. The van der Waals surface area contributed by atoms with Gasteiger partial charge in [0, 0.05) is 90.7 Å². The van der Waals surface area contributed by atoms with E-state index in [2.05, 4.69) is 163 Å². The highest BCUT2D eigenvalue weighted by Gasteiger charge is 2.21. The van der Waals surface area contributed by atoms with Crippen molar-refractivity contribution in [2.75, 3.05) is 0 Å². The Morgan fingerprint density at radius 2 is 0.500 bits per heavy atom. The van der Waals surface area contributed by atoms with Crippen molar-refractivity contribution in [1.82, 2.24) is 49.8 Å². The summed E-state index contributed by atoms with van der Waals surface area (Å²) in [7, 11) is 0. The minimum atomic E-state index is 0.769. The van der Waals surface area contributed by atoms with E-state index in [1.807, 2.05) is 72.8 Å². The molecule has 10 heteroatoms. The van der Waals surface area contributed by atoms with Crippen LogP contribution in [-0.2, 0) is 0 Å². The van der Waals surface area contributed by atoms with E-state index in [0.717, 1.165) is 156 Å². The molecule has 0 saturated carbocycles. The van der Waals surface area contributed by atoms with Crippen LogP contribution < -0.4 is 0 Å². The zero-order valence-corrected chi connectivity index (χ0v) is 40.5. The Bertz CT molecular complexity index is 4220. The molecule has 0 unspecified atom stereocenters. The molecule has 9 aromatic heterocycles. The van der Waals surface area contributed by atoms with Crippen LogP contribution in [0.4, 0.5) is 0 Å². The van der Waals surface area contributed by atoms with Crippen molar-refractivity contribution in [3.8, 4) is 113 Å². The van der Waals surface area contributed by atoms with Gasteiger partial charge in [-0.15, -0.1) is 0 Å². The topological polar surface area (TPSA) is 135 Å². The summed E-state index contributed by atoms with van der Waals surface area (Å²) in [5.74, 6) is 0. The van der Waals surface area contributed by atoms with Crippen LogP contribution >= 0.6 is 0 Å². The van der Waals surface area contributed by atoms with Gasteiger partial charge in [-0.25, -0.2) is 19.9 Å². The van der Waals surface area contributed by atoms with Gasteiger partial charge < -0.3 is 9.97 Å². The summed E-state index contributed by atoms with van der Waals surface area (Å²) in [5, 5.41) is 4.22. The summed E-state index contributed by atoms with van der Waals surface area (Å²) in [6.45, 7) is 0. The van der Waals surface area contributed by atoms with E-state index < -0.39 is 0 Å². The smallest absolute Gasteiger partial charge is 0.0900 e. The average molecular weight is 973 g/mol. The number of fused-ring (bicyclic) bond motifs is 20. The van der Waals surface area contributed by atoms with E-state index in [9.17, 15) is 0 Å². The lowest BCUT2D eigenvalue weighted by molar-refractivity contribution is 1.22. The van der Waals surface area contributed by atoms with Crippen LogP contribution in [0.2, 0.25) is 0 Å². The predicted octanol–water partition coefficient (Wildman–Crippen LogP) is 15.7. The first-order valence-electron chi connectivity index (χ1n) is 25.1. The number of hydrogen-bond acceptors (Lipinski definition) is 8. The number of nitrogens with one attached hydrogen (secondary N) is 2. The monoisotopic (exact) mass is 972 g/mol. The minimum absolute atomic E-state index is 0.769. The van der Waals surface area contributed by atoms with Gasteiger partial charge in [0.15, 0.2) is 0 Å². The Kier molecular flexibility index (Phi) is 9.95. The van der Waals surface area contributed by atoms with Crippen molar-refractivity contribution >= 4 is 43.6 Å². The molecule has 0 saturated heterocycles. The lowest BCUT2D eigenvalue weighted by Crippen LogP contribution is -1.93. The fourth-order valence-corrected chi connectivity index (χ4v) is 10.7. The predicted molar refractivity (Wildman–Crippen MR) is 304 cm³/mol. The third-order valence-corrected chi connectivity index (χ3v) is 14.3. The highest BCUT2D eigenvalue weighted by Crippen LogP contribution is 2.42. The van der Waals surface area contributed by atoms with Crippen molar-refractivity contribution in [2.24, 2.45) is 0 Å². The number of aromatic nitrogens is 10. The first-order chi connectivity index (χ1) is 37.6. The minimum Gasteiger partial charge on any atom is -0.354 e.